The Hall–Kier alpha value is -0.800. The van der Waals surface area contributed by atoms with Crippen LogP contribution in [0.2, 0.25) is 0 Å². The first kappa shape index (κ1) is 13.3. The molecule has 1 unspecified atom stereocenters. The van der Waals surface area contributed by atoms with E-state index in [2.05, 4.69) is 19.2 Å². The first-order valence-electron chi connectivity index (χ1n) is 6.15. The molecule has 1 aromatic rings. The number of rotatable bonds is 8. The number of nitrogens with one attached hydrogen (secondary N) is 1. The largest absolute Gasteiger partial charge is 0.469 e. The van der Waals surface area contributed by atoms with Gasteiger partial charge in [-0.15, -0.1) is 0 Å². The van der Waals surface area contributed by atoms with E-state index in [1.165, 1.54) is 6.42 Å². The first-order chi connectivity index (χ1) is 7.72. The number of hydrogen-bond donors (Lipinski definition) is 2. The topological polar surface area (TPSA) is 51.2 Å². The number of hydrogen-bond acceptors (Lipinski definition) is 3. The second kappa shape index (κ2) is 7.47. The lowest BCUT2D eigenvalue weighted by Gasteiger charge is -2.17. The van der Waals surface area contributed by atoms with E-state index in [9.17, 15) is 0 Å². The first-order valence-corrected chi connectivity index (χ1v) is 6.15. The van der Waals surface area contributed by atoms with Crippen molar-refractivity contribution in [2.24, 2.45) is 17.6 Å². The minimum absolute atomic E-state index is 0.594. The normalized spacial score (nSPS) is 13.2. The maximum Gasteiger partial charge on any atom is 0.105 e. The molecule has 16 heavy (non-hydrogen) atoms. The molecule has 1 heterocycles. The lowest BCUT2D eigenvalue weighted by molar-refractivity contribution is 0.392. The lowest BCUT2D eigenvalue weighted by Crippen LogP contribution is -2.30. The standard InChI is InChI=1S/C13H24N2O/c1-11(2)8-12(9-14)10-15-6-5-13-4-3-7-16-13/h3-4,7,11-12,15H,5-6,8-10,14H2,1-2H3. The molecule has 0 aliphatic heterocycles. The molecule has 1 rings (SSSR count). The van der Waals surface area contributed by atoms with Crippen LogP contribution in [-0.4, -0.2) is 19.6 Å². The predicted octanol–water partition coefficient (Wildman–Crippen LogP) is 2.03. The third kappa shape index (κ3) is 5.33. The van der Waals surface area contributed by atoms with E-state index in [-0.39, 0.29) is 0 Å². The van der Waals surface area contributed by atoms with Crippen LogP contribution in [0.3, 0.4) is 0 Å². The summed E-state index contributed by atoms with van der Waals surface area (Å²) in [4.78, 5) is 0. The van der Waals surface area contributed by atoms with Gasteiger partial charge in [-0.1, -0.05) is 13.8 Å². The monoisotopic (exact) mass is 224 g/mol. The Balaban J connectivity index is 2.09. The summed E-state index contributed by atoms with van der Waals surface area (Å²) in [6, 6.07) is 3.94. The minimum Gasteiger partial charge on any atom is -0.469 e. The van der Waals surface area contributed by atoms with Crippen molar-refractivity contribution >= 4 is 0 Å². The number of furan rings is 1. The van der Waals surface area contributed by atoms with Crippen molar-refractivity contribution in [3.05, 3.63) is 24.2 Å². The zero-order valence-electron chi connectivity index (χ0n) is 10.4. The summed E-state index contributed by atoms with van der Waals surface area (Å²) in [5.74, 6) is 2.36. The van der Waals surface area contributed by atoms with Gasteiger partial charge in [-0.3, -0.25) is 0 Å². The van der Waals surface area contributed by atoms with Gasteiger partial charge in [0.2, 0.25) is 0 Å². The Bertz CT molecular complexity index is 257. The molecular weight excluding hydrogens is 200 g/mol. The smallest absolute Gasteiger partial charge is 0.105 e. The molecule has 0 saturated heterocycles. The molecule has 0 aromatic carbocycles. The van der Waals surface area contributed by atoms with Crippen LogP contribution in [0.4, 0.5) is 0 Å². The van der Waals surface area contributed by atoms with Gasteiger partial charge in [0.05, 0.1) is 6.26 Å². The molecule has 0 radical (unpaired) electrons. The number of nitrogens with two attached hydrogens (primary N) is 1. The van der Waals surface area contributed by atoms with E-state index >= 15 is 0 Å². The SMILES string of the molecule is CC(C)CC(CN)CNCCc1ccco1. The van der Waals surface area contributed by atoms with Crippen molar-refractivity contribution < 1.29 is 4.42 Å². The molecule has 0 spiro atoms. The van der Waals surface area contributed by atoms with E-state index < -0.39 is 0 Å². The maximum absolute atomic E-state index is 5.74. The van der Waals surface area contributed by atoms with Gasteiger partial charge in [-0.25, -0.2) is 0 Å². The second-order valence-corrected chi connectivity index (χ2v) is 4.76. The third-order valence-corrected chi connectivity index (χ3v) is 2.70. The minimum atomic E-state index is 0.594. The fourth-order valence-corrected chi connectivity index (χ4v) is 1.90. The van der Waals surface area contributed by atoms with Gasteiger partial charge in [-0.2, -0.15) is 0 Å². The highest BCUT2D eigenvalue weighted by Gasteiger charge is 2.08. The average molecular weight is 224 g/mol. The van der Waals surface area contributed by atoms with Crippen LogP contribution in [0.1, 0.15) is 26.0 Å². The molecule has 92 valence electrons. The fraction of sp³-hybridized carbons (Fsp3) is 0.692. The summed E-state index contributed by atoms with van der Waals surface area (Å²) in [5, 5.41) is 3.44. The molecule has 0 saturated carbocycles. The van der Waals surface area contributed by atoms with E-state index in [0.29, 0.717) is 5.92 Å². The Kier molecular flexibility index (Phi) is 6.19. The molecule has 0 fully saturated rings. The van der Waals surface area contributed by atoms with E-state index in [0.717, 1.165) is 37.7 Å². The molecule has 3 nitrogen and oxygen atoms in total. The molecule has 3 N–H and O–H groups in total. The van der Waals surface area contributed by atoms with E-state index in [1.807, 2.05) is 12.1 Å². The Morgan fingerprint density at radius 3 is 2.81 bits per heavy atom. The molecule has 0 aliphatic carbocycles. The van der Waals surface area contributed by atoms with Gasteiger partial charge >= 0.3 is 0 Å². The quantitative estimate of drug-likeness (QED) is 0.664. The van der Waals surface area contributed by atoms with Crippen molar-refractivity contribution in [3.63, 3.8) is 0 Å². The summed E-state index contributed by atoms with van der Waals surface area (Å²) in [7, 11) is 0. The van der Waals surface area contributed by atoms with Crippen molar-refractivity contribution in [2.75, 3.05) is 19.6 Å². The van der Waals surface area contributed by atoms with Crippen molar-refractivity contribution in [3.8, 4) is 0 Å². The van der Waals surface area contributed by atoms with Crippen LogP contribution in [0.15, 0.2) is 22.8 Å². The van der Waals surface area contributed by atoms with Gasteiger partial charge < -0.3 is 15.5 Å². The van der Waals surface area contributed by atoms with Crippen LogP contribution in [0.25, 0.3) is 0 Å². The van der Waals surface area contributed by atoms with Crippen LogP contribution in [-0.2, 0) is 6.42 Å². The summed E-state index contributed by atoms with van der Waals surface area (Å²) >= 11 is 0. The van der Waals surface area contributed by atoms with Gasteiger partial charge in [0.15, 0.2) is 0 Å². The van der Waals surface area contributed by atoms with Crippen LogP contribution >= 0.6 is 0 Å². The highest BCUT2D eigenvalue weighted by molar-refractivity contribution is 4.98. The van der Waals surface area contributed by atoms with Gasteiger partial charge in [0.25, 0.3) is 0 Å². The summed E-state index contributed by atoms with van der Waals surface area (Å²) in [6.07, 6.45) is 3.87. The van der Waals surface area contributed by atoms with E-state index in [4.69, 9.17) is 10.2 Å². The molecule has 3 heteroatoms. The summed E-state index contributed by atoms with van der Waals surface area (Å²) in [6.45, 7) is 7.22. The zero-order chi connectivity index (χ0) is 11.8. The van der Waals surface area contributed by atoms with Gasteiger partial charge in [0.1, 0.15) is 5.76 Å². The summed E-state index contributed by atoms with van der Waals surface area (Å²) in [5.41, 5.74) is 5.74. The average Bonchev–Trinajstić information content (AvgIpc) is 2.74. The highest BCUT2D eigenvalue weighted by Crippen LogP contribution is 2.09. The third-order valence-electron chi connectivity index (χ3n) is 2.70. The molecule has 0 bridgehead atoms. The van der Waals surface area contributed by atoms with Gasteiger partial charge in [-0.05, 0) is 43.5 Å². The van der Waals surface area contributed by atoms with Crippen LogP contribution in [0, 0.1) is 11.8 Å². The highest BCUT2D eigenvalue weighted by atomic mass is 16.3. The summed E-state index contributed by atoms with van der Waals surface area (Å²) < 4.78 is 5.27. The molecule has 0 amide bonds. The Labute approximate surface area is 98.4 Å². The maximum atomic E-state index is 5.74. The van der Waals surface area contributed by atoms with Crippen LogP contribution in [0.5, 0.6) is 0 Å². The molecule has 1 aromatic heterocycles. The van der Waals surface area contributed by atoms with Crippen molar-refractivity contribution in [2.45, 2.75) is 26.7 Å². The van der Waals surface area contributed by atoms with Crippen LogP contribution < -0.4 is 11.1 Å². The van der Waals surface area contributed by atoms with Crippen molar-refractivity contribution in [1.82, 2.24) is 5.32 Å². The Morgan fingerprint density at radius 2 is 2.25 bits per heavy atom. The van der Waals surface area contributed by atoms with E-state index in [1.54, 1.807) is 6.26 Å². The fourth-order valence-electron chi connectivity index (χ4n) is 1.90. The molecule has 1 atom stereocenters. The lowest BCUT2D eigenvalue weighted by atomic mass is 9.97. The Morgan fingerprint density at radius 1 is 1.44 bits per heavy atom. The molecular formula is C13H24N2O. The van der Waals surface area contributed by atoms with Gasteiger partial charge in [0, 0.05) is 13.0 Å². The second-order valence-electron chi connectivity index (χ2n) is 4.76. The zero-order valence-corrected chi connectivity index (χ0v) is 10.4. The predicted molar refractivity (Wildman–Crippen MR) is 67.3 cm³/mol. The van der Waals surface area contributed by atoms with Crippen molar-refractivity contribution in [1.29, 1.82) is 0 Å². The molecule has 0 aliphatic rings.